The lowest BCUT2D eigenvalue weighted by atomic mass is 9.62. The molecule has 1 saturated carbocycles. The standard InChI is InChI=1S/C15H20ClNO5/c1-14-9(4-5-16)12(19)17-15(14,13(20)22-14)11(18)8-3-2-7-6-10(8)21-7/h7-11,18H,2-6H2,1H3,(H,17,19)/t7?,8-,9-,10?,11-,14-,15-/m0/s1. The van der Waals surface area contributed by atoms with Crippen molar-refractivity contribution in [2.45, 2.75) is 62.1 Å². The second-order valence-electron chi connectivity index (χ2n) is 7.04. The Bertz CT molecular complexity index is 533. The second-order valence-corrected chi connectivity index (χ2v) is 7.42. The number of halogens is 1. The molecule has 5 rings (SSSR count). The molecule has 5 fully saturated rings. The molecule has 4 heterocycles. The molecular formula is C15H20ClNO5. The van der Waals surface area contributed by atoms with Crippen molar-refractivity contribution in [2.75, 3.05) is 5.88 Å². The van der Waals surface area contributed by atoms with Crippen LogP contribution in [0, 0.1) is 11.8 Å². The summed E-state index contributed by atoms with van der Waals surface area (Å²) in [6.07, 6.45) is 2.31. The van der Waals surface area contributed by atoms with Gasteiger partial charge in [0.1, 0.15) is 0 Å². The Labute approximate surface area is 133 Å². The average molecular weight is 330 g/mol. The van der Waals surface area contributed by atoms with Crippen LogP contribution in [0.2, 0.25) is 0 Å². The number of aliphatic hydroxyl groups excluding tert-OH is 1. The van der Waals surface area contributed by atoms with Crippen molar-refractivity contribution in [3.05, 3.63) is 0 Å². The van der Waals surface area contributed by atoms with Crippen LogP contribution in [-0.2, 0) is 19.1 Å². The van der Waals surface area contributed by atoms with E-state index < -0.39 is 29.1 Å². The van der Waals surface area contributed by atoms with E-state index in [4.69, 9.17) is 21.1 Å². The Hall–Kier alpha value is -0.850. The van der Waals surface area contributed by atoms with E-state index >= 15 is 0 Å². The third-order valence-corrected chi connectivity index (χ3v) is 6.34. The van der Waals surface area contributed by atoms with Crippen LogP contribution in [0.5, 0.6) is 0 Å². The van der Waals surface area contributed by atoms with Crippen molar-refractivity contribution >= 4 is 23.5 Å². The maximum atomic E-state index is 12.3. The fourth-order valence-electron chi connectivity index (χ4n) is 4.77. The summed E-state index contributed by atoms with van der Waals surface area (Å²) in [6, 6.07) is 0. The summed E-state index contributed by atoms with van der Waals surface area (Å²) in [7, 11) is 0. The minimum Gasteiger partial charge on any atom is -0.453 e. The molecule has 122 valence electrons. The number of amides is 1. The van der Waals surface area contributed by atoms with Crippen molar-refractivity contribution in [1.82, 2.24) is 5.32 Å². The highest BCUT2D eigenvalue weighted by Crippen LogP contribution is 2.55. The lowest BCUT2D eigenvalue weighted by Crippen LogP contribution is -2.81. The first-order valence-corrected chi connectivity index (χ1v) is 8.42. The van der Waals surface area contributed by atoms with Gasteiger partial charge in [0.25, 0.3) is 0 Å². The number of carbonyl (C=O) groups excluding carboxylic acids is 2. The number of nitrogens with one attached hydrogen (secondary N) is 1. The zero-order valence-electron chi connectivity index (χ0n) is 12.4. The van der Waals surface area contributed by atoms with Gasteiger partial charge in [-0.1, -0.05) is 0 Å². The van der Waals surface area contributed by atoms with Crippen LogP contribution < -0.4 is 5.32 Å². The molecule has 7 atom stereocenters. The van der Waals surface area contributed by atoms with Crippen molar-refractivity contribution in [1.29, 1.82) is 0 Å². The van der Waals surface area contributed by atoms with E-state index in [0.29, 0.717) is 18.4 Å². The normalized spacial score (nSPS) is 50.3. The van der Waals surface area contributed by atoms with Gasteiger partial charge in [-0.25, -0.2) is 4.79 Å². The fraction of sp³-hybridized carbons (Fsp3) is 0.867. The molecular weight excluding hydrogens is 310 g/mol. The summed E-state index contributed by atoms with van der Waals surface area (Å²) in [5.74, 6) is -1.18. The molecule has 4 aliphatic heterocycles. The van der Waals surface area contributed by atoms with E-state index in [1.165, 1.54) is 0 Å². The summed E-state index contributed by atoms with van der Waals surface area (Å²) < 4.78 is 11.1. The highest BCUT2D eigenvalue weighted by Gasteiger charge is 2.80. The van der Waals surface area contributed by atoms with E-state index in [1.54, 1.807) is 6.92 Å². The molecule has 0 radical (unpaired) electrons. The lowest BCUT2D eigenvalue weighted by molar-refractivity contribution is -0.259. The molecule has 2 bridgehead atoms. The number of hydrogen-bond acceptors (Lipinski definition) is 5. The molecule has 2 unspecified atom stereocenters. The smallest absolute Gasteiger partial charge is 0.339 e. The van der Waals surface area contributed by atoms with Gasteiger partial charge in [0.2, 0.25) is 11.4 Å². The van der Waals surface area contributed by atoms with Crippen LogP contribution in [0.4, 0.5) is 0 Å². The summed E-state index contributed by atoms with van der Waals surface area (Å²) in [5.41, 5.74) is -2.38. The maximum Gasteiger partial charge on any atom is 0.339 e. The van der Waals surface area contributed by atoms with Gasteiger partial charge in [0.05, 0.1) is 24.2 Å². The molecule has 2 N–H and O–H groups in total. The van der Waals surface area contributed by atoms with Crippen LogP contribution in [0.1, 0.15) is 32.6 Å². The molecule has 6 nitrogen and oxygen atoms in total. The first-order chi connectivity index (χ1) is 10.4. The van der Waals surface area contributed by atoms with E-state index in [2.05, 4.69) is 5.32 Å². The van der Waals surface area contributed by atoms with Gasteiger partial charge in [-0.15, -0.1) is 11.6 Å². The average Bonchev–Trinajstić information content (AvgIpc) is 2.64. The highest BCUT2D eigenvalue weighted by molar-refractivity contribution is 6.18. The van der Waals surface area contributed by atoms with Gasteiger partial charge in [0, 0.05) is 18.2 Å². The zero-order valence-corrected chi connectivity index (χ0v) is 13.1. The molecule has 0 aromatic heterocycles. The van der Waals surface area contributed by atoms with Crippen LogP contribution in [-0.4, -0.2) is 52.3 Å². The molecule has 1 aliphatic carbocycles. The number of carbonyl (C=O) groups is 2. The number of hydrogen-bond donors (Lipinski definition) is 2. The lowest BCUT2D eigenvalue weighted by Gasteiger charge is -2.57. The topological polar surface area (TPSA) is 84.9 Å². The number of esters is 1. The van der Waals surface area contributed by atoms with Gasteiger partial charge in [-0.05, 0) is 26.2 Å². The second kappa shape index (κ2) is 4.58. The Morgan fingerprint density at radius 3 is 2.73 bits per heavy atom. The minimum absolute atomic E-state index is 0.0234. The number of alkyl halides is 1. The van der Waals surface area contributed by atoms with Crippen LogP contribution in [0.15, 0.2) is 0 Å². The zero-order chi connectivity index (χ0) is 15.7. The van der Waals surface area contributed by atoms with Crippen molar-refractivity contribution in [3.63, 3.8) is 0 Å². The molecule has 4 saturated heterocycles. The number of fused-ring (bicyclic) bond motifs is 3. The Balaban J connectivity index is 1.66. The third-order valence-electron chi connectivity index (χ3n) is 6.12. The van der Waals surface area contributed by atoms with Crippen molar-refractivity contribution in [3.8, 4) is 0 Å². The van der Waals surface area contributed by atoms with Crippen molar-refractivity contribution < 1.29 is 24.2 Å². The van der Waals surface area contributed by atoms with Crippen LogP contribution in [0.25, 0.3) is 0 Å². The largest absolute Gasteiger partial charge is 0.453 e. The molecule has 0 aromatic rings. The maximum absolute atomic E-state index is 12.3. The van der Waals surface area contributed by atoms with Gasteiger partial charge in [-0.2, -0.15) is 0 Å². The van der Waals surface area contributed by atoms with Gasteiger partial charge >= 0.3 is 5.97 Å². The van der Waals surface area contributed by atoms with E-state index in [0.717, 1.165) is 19.3 Å². The minimum atomic E-state index is -1.35. The summed E-state index contributed by atoms with van der Waals surface area (Å²) in [4.78, 5) is 24.6. The van der Waals surface area contributed by atoms with E-state index in [-0.39, 0.29) is 17.9 Å². The number of ether oxygens (including phenoxy) is 2. The predicted molar refractivity (Wildman–Crippen MR) is 76.2 cm³/mol. The fourth-order valence-corrected chi connectivity index (χ4v) is 4.99. The Morgan fingerprint density at radius 1 is 1.45 bits per heavy atom. The Morgan fingerprint density at radius 2 is 2.18 bits per heavy atom. The molecule has 7 heteroatoms. The van der Waals surface area contributed by atoms with E-state index in [9.17, 15) is 14.7 Å². The first kappa shape index (κ1) is 14.7. The summed E-state index contributed by atoms with van der Waals surface area (Å²) >= 11 is 5.78. The first-order valence-electron chi connectivity index (χ1n) is 7.89. The highest BCUT2D eigenvalue weighted by atomic mass is 35.5. The monoisotopic (exact) mass is 329 g/mol. The summed E-state index contributed by atoms with van der Waals surface area (Å²) in [5, 5.41) is 13.7. The van der Waals surface area contributed by atoms with Crippen LogP contribution in [0.3, 0.4) is 0 Å². The SMILES string of the molecule is C[C@@]12OC(=O)[C@]1([C@@H](O)[C@H]1CCC3CC1O3)NC(=O)[C@@H]2CCCl. The number of aliphatic hydroxyl groups is 1. The quantitative estimate of drug-likeness (QED) is 0.574. The van der Waals surface area contributed by atoms with Gasteiger partial charge in [0.15, 0.2) is 5.60 Å². The molecule has 0 aromatic carbocycles. The van der Waals surface area contributed by atoms with Gasteiger partial charge < -0.3 is 19.9 Å². The summed E-state index contributed by atoms with van der Waals surface area (Å²) in [6.45, 7) is 1.72. The van der Waals surface area contributed by atoms with Gasteiger partial charge in [-0.3, -0.25) is 4.79 Å². The van der Waals surface area contributed by atoms with Crippen LogP contribution >= 0.6 is 11.6 Å². The Kier molecular flexibility index (Phi) is 3.07. The predicted octanol–water partition coefficient (Wildman–Crippen LogP) is 0.344. The van der Waals surface area contributed by atoms with E-state index in [1.807, 2.05) is 0 Å². The van der Waals surface area contributed by atoms with Crippen molar-refractivity contribution in [2.24, 2.45) is 11.8 Å². The molecule has 0 spiro atoms. The molecule has 22 heavy (non-hydrogen) atoms. The molecule has 5 aliphatic rings. The molecule has 1 amide bonds. The third kappa shape index (κ3) is 1.53. The number of rotatable bonds is 4.